The summed E-state index contributed by atoms with van der Waals surface area (Å²) in [7, 11) is -1.41. The van der Waals surface area contributed by atoms with Crippen LogP contribution in [0.1, 0.15) is 11.1 Å². The van der Waals surface area contributed by atoms with Gasteiger partial charge in [-0.1, -0.05) is 42.0 Å². The fraction of sp³-hybridized carbons (Fsp3) is 0.143. The van der Waals surface area contributed by atoms with E-state index in [1.807, 2.05) is 49.4 Å². The van der Waals surface area contributed by atoms with Gasteiger partial charge in [-0.25, -0.2) is 5.43 Å². The SMILES string of the molecule is Cc1cc(CNNc2ccccc2)ccc1B(O)O. The third-order valence-corrected chi connectivity index (χ3v) is 2.91. The molecule has 0 unspecified atom stereocenters. The zero-order valence-corrected chi connectivity index (χ0v) is 10.8. The van der Waals surface area contributed by atoms with E-state index in [9.17, 15) is 0 Å². The summed E-state index contributed by atoms with van der Waals surface area (Å²) >= 11 is 0. The molecule has 0 bridgehead atoms. The standard InChI is InChI=1S/C14H17BN2O2/c1-11-9-12(7-8-14(11)15(18)19)10-16-17-13-5-3-2-4-6-13/h2-9,16-19H,10H2,1H3. The van der Waals surface area contributed by atoms with Crippen LogP contribution in [-0.4, -0.2) is 17.2 Å². The van der Waals surface area contributed by atoms with Crippen molar-refractivity contribution in [3.05, 3.63) is 59.7 Å². The van der Waals surface area contributed by atoms with Crippen LogP contribution in [0.15, 0.2) is 48.5 Å². The van der Waals surface area contributed by atoms with E-state index in [-0.39, 0.29) is 0 Å². The number of hydrogen-bond acceptors (Lipinski definition) is 4. The highest BCUT2D eigenvalue weighted by Gasteiger charge is 2.13. The van der Waals surface area contributed by atoms with Gasteiger partial charge in [-0.15, -0.1) is 0 Å². The lowest BCUT2D eigenvalue weighted by molar-refractivity contribution is 0.425. The lowest BCUT2D eigenvalue weighted by Gasteiger charge is -2.10. The molecule has 0 aliphatic rings. The smallest absolute Gasteiger partial charge is 0.423 e. The molecule has 0 saturated heterocycles. The summed E-state index contributed by atoms with van der Waals surface area (Å²) in [6.07, 6.45) is 0. The van der Waals surface area contributed by atoms with Gasteiger partial charge in [0.15, 0.2) is 0 Å². The molecule has 0 aliphatic heterocycles. The summed E-state index contributed by atoms with van der Waals surface area (Å²) in [6.45, 7) is 2.51. The summed E-state index contributed by atoms with van der Waals surface area (Å²) in [4.78, 5) is 0. The van der Waals surface area contributed by atoms with Gasteiger partial charge in [0.05, 0.1) is 0 Å². The van der Waals surface area contributed by atoms with E-state index in [4.69, 9.17) is 10.0 Å². The van der Waals surface area contributed by atoms with Gasteiger partial charge in [-0.3, -0.25) is 0 Å². The first-order valence-corrected chi connectivity index (χ1v) is 6.16. The third-order valence-electron chi connectivity index (χ3n) is 2.91. The molecule has 0 spiro atoms. The Balaban J connectivity index is 1.92. The number of aryl methyl sites for hydroxylation is 1. The van der Waals surface area contributed by atoms with E-state index in [0.29, 0.717) is 12.0 Å². The summed E-state index contributed by atoms with van der Waals surface area (Å²) in [5.41, 5.74) is 9.71. The molecule has 0 radical (unpaired) electrons. The normalized spacial score (nSPS) is 10.3. The lowest BCUT2D eigenvalue weighted by atomic mass is 9.77. The van der Waals surface area contributed by atoms with Crippen LogP contribution in [0.25, 0.3) is 0 Å². The van der Waals surface area contributed by atoms with Crippen LogP contribution in [0, 0.1) is 6.92 Å². The summed E-state index contributed by atoms with van der Waals surface area (Å²) < 4.78 is 0. The van der Waals surface area contributed by atoms with E-state index in [2.05, 4.69) is 10.9 Å². The number of para-hydroxylation sites is 1. The summed E-state index contributed by atoms with van der Waals surface area (Å²) in [5.74, 6) is 0. The van der Waals surface area contributed by atoms with Crippen LogP contribution < -0.4 is 16.3 Å². The molecule has 2 rings (SSSR count). The number of hydrogen-bond donors (Lipinski definition) is 4. The maximum Gasteiger partial charge on any atom is 0.488 e. The molecular weight excluding hydrogens is 239 g/mol. The first-order chi connectivity index (χ1) is 9.16. The lowest BCUT2D eigenvalue weighted by Crippen LogP contribution is -2.32. The number of benzene rings is 2. The number of hydrazine groups is 1. The molecule has 0 atom stereocenters. The van der Waals surface area contributed by atoms with Crippen molar-refractivity contribution in [1.82, 2.24) is 5.43 Å². The van der Waals surface area contributed by atoms with E-state index in [1.54, 1.807) is 6.07 Å². The molecule has 2 aromatic carbocycles. The fourth-order valence-corrected chi connectivity index (χ4v) is 1.91. The first-order valence-electron chi connectivity index (χ1n) is 6.16. The Bertz CT molecular complexity index is 532. The maximum atomic E-state index is 9.15. The van der Waals surface area contributed by atoms with Crippen LogP contribution in [0.3, 0.4) is 0 Å². The highest BCUT2D eigenvalue weighted by atomic mass is 16.4. The fourth-order valence-electron chi connectivity index (χ4n) is 1.91. The minimum Gasteiger partial charge on any atom is -0.423 e. The van der Waals surface area contributed by atoms with Crippen LogP contribution >= 0.6 is 0 Å². The van der Waals surface area contributed by atoms with Crippen LogP contribution in [0.2, 0.25) is 0 Å². The van der Waals surface area contributed by atoms with Gasteiger partial charge in [0, 0.05) is 12.2 Å². The van der Waals surface area contributed by atoms with Crippen molar-refractivity contribution in [3.8, 4) is 0 Å². The van der Waals surface area contributed by atoms with Crippen LogP contribution in [-0.2, 0) is 6.54 Å². The van der Waals surface area contributed by atoms with Crippen LogP contribution in [0.4, 0.5) is 5.69 Å². The molecule has 98 valence electrons. The third kappa shape index (κ3) is 3.82. The minimum absolute atomic E-state index is 0.541. The van der Waals surface area contributed by atoms with Crippen molar-refractivity contribution in [2.75, 3.05) is 5.43 Å². The van der Waals surface area contributed by atoms with Crippen molar-refractivity contribution in [2.24, 2.45) is 0 Å². The molecule has 0 fully saturated rings. The molecular formula is C14H17BN2O2. The molecule has 0 aliphatic carbocycles. The molecule has 4 nitrogen and oxygen atoms in total. The second-order valence-corrected chi connectivity index (χ2v) is 4.41. The molecule has 4 N–H and O–H groups in total. The van der Waals surface area contributed by atoms with E-state index in [0.717, 1.165) is 16.8 Å². The van der Waals surface area contributed by atoms with Gasteiger partial charge < -0.3 is 15.5 Å². The Morgan fingerprint density at radius 3 is 2.42 bits per heavy atom. The Hall–Kier alpha value is -1.82. The van der Waals surface area contributed by atoms with E-state index < -0.39 is 7.12 Å². The van der Waals surface area contributed by atoms with Gasteiger partial charge in [-0.2, -0.15) is 0 Å². The first kappa shape index (κ1) is 13.6. The average Bonchev–Trinajstić information content (AvgIpc) is 2.39. The van der Waals surface area contributed by atoms with Gasteiger partial charge in [-0.05, 0) is 30.1 Å². The van der Waals surface area contributed by atoms with Crippen molar-refractivity contribution in [3.63, 3.8) is 0 Å². The molecule has 2 aromatic rings. The molecule has 0 amide bonds. The highest BCUT2D eigenvalue weighted by molar-refractivity contribution is 6.59. The van der Waals surface area contributed by atoms with Crippen molar-refractivity contribution in [2.45, 2.75) is 13.5 Å². The molecule has 5 heteroatoms. The van der Waals surface area contributed by atoms with Crippen molar-refractivity contribution < 1.29 is 10.0 Å². The minimum atomic E-state index is -1.41. The predicted molar refractivity (Wildman–Crippen MR) is 77.9 cm³/mol. The van der Waals surface area contributed by atoms with Gasteiger partial charge in [0.25, 0.3) is 0 Å². The Morgan fingerprint density at radius 1 is 1.05 bits per heavy atom. The second-order valence-electron chi connectivity index (χ2n) is 4.41. The topological polar surface area (TPSA) is 64.5 Å². The van der Waals surface area contributed by atoms with Crippen LogP contribution in [0.5, 0.6) is 0 Å². The molecule has 0 saturated carbocycles. The quantitative estimate of drug-likeness (QED) is 0.472. The molecule has 19 heavy (non-hydrogen) atoms. The number of nitrogens with one attached hydrogen (secondary N) is 2. The molecule has 0 heterocycles. The Morgan fingerprint density at radius 2 is 1.79 bits per heavy atom. The summed E-state index contributed by atoms with van der Waals surface area (Å²) in [5, 5.41) is 18.3. The van der Waals surface area contributed by atoms with E-state index in [1.165, 1.54) is 0 Å². The number of rotatable bonds is 5. The second kappa shape index (κ2) is 6.38. The Labute approximate surface area is 113 Å². The largest absolute Gasteiger partial charge is 0.488 e. The van der Waals surface area contributed by atoms with Crippen molar-refractivity contribution in [1.29, 1.82) is 0 Å². The predicted octanol–water partition coefficient (Wildman–Crippen LogP) is 0.792. The zero-order chi connectivity index (χ0) is 13.7. The van der Waals surface area contributed by atoms with Gasteiger partial charge >= 0.3 is 7.12 Å². The van der Waals surface area contributed by atoms with Crippen molar-refractivity contribution >= 4 is 18.3 Å². The Kier molecular flexibility index (Phi) is 4.57. The van der Waals surface area contributed by atoms with Gasteiger partial charge in [0.1, 0.15) is 0 Å². The average molecular weight is 256 g/mol. The number of anilines is 1. The maximum absolute atomic E-state index is 9.15. The summed E-state index contributed by atoms with van der Waals surface area (Å²) in [6, 6.07) is 15.4. The zero-order valence-electron chi connectivity index (χ0n) is 10.8. The highest BCUT2D eigenvalue weighted by Crippen LogP contribution is 2.05. The molecule has 0 aromatic heterocycles. The van der Waals surface area contributed by atoms with Gasteiger partial charge in [0.2, 0.25) is 0 Å². The monoisotopic (exact) mass is 256 g/mol. The van der Waals surface area contributed by atoms with E-state index >= 15 is 0 Å².